The maximum absolute atomic E-state index is 13.7. The molecule has 2 aromatic carbocycles. The fourth-order valence-electron chi connectivity index (χ4n) is 4.51. The summed E-state index contributed by atoms with van der Waals surface area (Å²) < 4.78 is 4.96. The maximum atomic E-state index is 13.7. The first kappa shape index (κ1) is 35.6. The van der Waals surface area contributed by atoms with Crippen molar-refractivity contribution >= 4 is 41.3 Å². The Balaban J connectivity index is 1.96. The molecule has 0 unspecified atom stereocenters. The predicted octanol–water partition coefficient (Wildman–Crippen LogP) is 3.23. The van der Waals surface area contributed by atoms with E-state index in [0.717, 1.165) is 0 Å². The summed E-state index contributed by atoms with van der Waals surface area (Å²) in [6.45, 7) is 6.64. The lowest BCUT2D eigenvalue weighted by Crippen LogP contribution is -2.70. The van der Waals surface area contributed by atoms with Gasteiger partial charge in [0.15, 0.2) is 17.6 Å². The summed E-state index contributed by atoms with van der Waals surface area (Å²) in [5.74, 6) is -1.55. The van der Waals surface area contributed by atoms with Crippen LogP contribution < -0.4 is 20.9 Å². The Hall–Kier alpha value is -4.83. The van der Waals surface area contributed by atoms with E-state index in [-0.39, 0.29) is 30.2 Å². The fraction of sp³-hybridized carbons (Fsp3) is 0.333. The average Bonchev–Trinajstić information content (AvgIpc) is 3.47. The second-order valence-corrected chi connectivity index (χ2v) is 11.5. The van der Waals surface area contributed by atoms with E-state index in [1.807, 2.05) is 19.9 Å². The zero-order valence-electron chi connectivity index (χ0n) is 26.2. The number of aldehydes is 1. The van der Waals surface area contributed by atoms with Gasteiger partial charge in [-0.25, -0.2) is 0 Å². The minimum atomic E-state index is -2.12. The van der Waals surface area contributed by atoms with Crippen LogP contribution in [0.3, 0.4) is 0 Å². The van der Waals surface area contributed by atoms with E-state index in [1.165, 1.54) is 24.9 Å². The highest BCUT2D eigenvalue weighted by Gasteiger charge is 2.41. The Morgan fingerprint density at radius 2 is 1.87 bits per heavy atom. The molecular weight excluding hydrogens is 612 g/mol. The molecule has 46 heavy (non-hydrogen) atoms. The third-order valence-corrected chi connectivity index (χ3v) is 7.43. The summed E-state index contributed by atoms with van der Waals surface area (Å²) in [6, 6.07) is 15.8. The highest BCUT2D eigenvalue weighted by molar-refractivity contribution is 6.31. The first-order valence-corrected chi connectivity index (χ1v) is 14.9. The van der Waals surface area contributed by atoms with Crippen LogP contribution in [0, 0.1) is 24.2 Å². The molecule has 0 saturated heterocycles. The van der Waals surface area contributed by atoms with Gasteiger partial charge in [-0.15, -0.1) is 0 Å². The number of rotatable bonds is 14. The Bertz CT molecular complexity index is 1640. The molecular formula is C33H37ClN6O6. The van der Waals surface area contributed by atoms with E-state index in [2.05, 4.69) is 21.1 Å². The van der Waals surface area contributed by atoms with Crippen molar-refractivity contribution in [1.82, 2.24) is 21.1 Å². The van der Waals surface area contributed by atoms with Gasteiger partial charge in [0.2, 0.25) is 5.91 Å². The van der Waals surface area contributed by atoms with Crippen LogP contribution in [0.5, 0.6) is 0 Å². The third kappa shape index (κ3) is 9.10. The first-order chi connectivity index (χ1) is 21.8. The summed E-state index contributed by atoms with van der Waals surface area (Å²) in [7, 11) is 1.53. The van der Waals surface area contributed by atoms with Crippen LogP contribution >= 0.6 is 11.6 Å². The number of likely N-dealkylation sites (N-methyl/N-ethyl adjacent to an activating group) is 1. The number of aryl methyl sites for hydroxylation is 1. The van der Waals surface area contributed by atoms with Gasteiger partial charge in [0, 0.05) is 30.4 Å². The summed E-state index contributed by atoms with van der Waals surface area (Å²) in [5.41, 5.74) is -0.591. The standard InChI is InChI=1S/C33H37ClN6O6/c1-20(2)13-25(17-35)32(45)40(5)26-11-8-9-23(15-26)16-28(30(43)36-18-24-10-6-7-12-27(24)34)37-33(19-41,22(4)42)38-31(44)29-14-21(3)46-39-29/h6-15,19-20,22,28,37,42H,16,18H2,1-5H3,(H,36,43)(H,38,44)/t22-,28+,33-/m1/s1. The van der Waals surface area contributed by atoms with Gasteiger partial charge in [-0.2, -0.15) is 5.26 Å². The lowest BCUT2D eigenvalue weighted by Gasteiger charge is -2.36. The molecule has 4 N–H and O–H groups in total. The number of nitrogens with one attached hydrogen (secondary N) is 3. The van der Waals surface area contributed by atoms with Crippen LogP contribution in [0.25, 0.3) is 0 Å². The number of aromatic nitrogens is 1. The number of nitrogens with zero attached hydrogens (tertiary/aromatic N) is 3. The smallest absolute Gasteiger partial charge is 0.275 e. The molecule has 3 aromatic rings. The Morgan fingerprint density at radius 3 is 2.46 bits per heavy atom. The molecule has 3 rings (SSSR count). The van der Waals surface area contributed by atoms with Crippen LogP contribution in [0.15, 0.2) is 70.8 Å². The zero-order chi connectivity index (χ0) is 34.0. The minimum absolute atomic E-state index is 0.00727. The summed E-state index contributed by atoms with van der Waals surface area (Å²) in [4.78, 5) is 53.6. The van der Waals surface area contributed by atoms with Crippen LogP contribution in [0.2, 0.25) is 5.02 Å². The summed E-state index contributed by atoms with van der Waals surface area (Å²) in [5, 5.41) is 32.5. The van der Waals surface area contributed by atoms with Crippen LogP contribution in [-0.2, 0) is 27.3 Å². The van der Waals surface area contributed by atoms with Gasteiger partial charge in [0.1, 0.15) is 17.4 Å². The van der Waals surface area contributed by atoms with E-state index in [1.54, 1.807) is 61.5 Å². The maximum Gasteiger partial charge on any atom is 0.275 e. The number of allylic oxidation sites excluding steroid dienone is 1. The number of benzene rings is 2. The van der Waals surface area contributed by atoms with Gasteiger partial charge in [0.05, 0.1) is 12.1 Å². The van der Waals surface area contributed by atoms with Gasteiger partial charge in [0.25, 0.3) is 11.8 Å². The third-order valence-electron chi connectivity index (χ3n) is 7.06. The number of amides is 3. The fourth-order valence-corrected chi connectivity index (χ4v) is 4.71. The molecule has 0 aliphatic carbocycles. The van der Waals surface area contributed by atoms with Crippen LogP contribution in [-0.4, -0.2) is 59.1 Å². The Kier molecular flexibility index (Phi) is 12.4. The van der Waals surface area contributed by atoms with Gasteiger partial charge >= 0.3 is 0 Å². The predicted molar refractivity (Wildman–Crippen MR) is 171 cm³/mol. The van der Waals surface area contributed by atoms with E-state index < -0.39 is 35.5 Å². The highest BCUT2D eigenvalue weighted by atomic mass is 35.5. The number of halogens is 1. The van der Waals surface area contributed by atoms with Crippen molar-refractivity contribution in [2.75, 3.05) is 11.9 Å². The van der Waals surface area contributed by atoms with Gasteiger partial charge in [-0.05, 0) is 55.5 Å². The Labute approximate surface area is 272 Å². The number of aliphatic hydroxyl groups excluding tert-OH is 1. The molecule has 13 heteroatoms. The lowest BCUT2D eigenvalue weighted by atomic mass is 9.98. The first-order valence-electron chi connectivity index (χ1n) is 14.5. The lowest BCUT2D eigenvalue weighted by molar-refractivity contribution is -0.126. The van der Waals surface area contributed by atoms with Gasteiger partial charge in [-0.1, -0.05) is 67.0 Å². The molecule has 1 aromatic heterocycles. The van der Waals surface area contributed by atoms with Crippen molar-refractivity contribution in [1.29, 1.82) is 5.26 Å². The number of anilines is 1. The molecule has 3 amide bonds. The molecule has 1 heterocycles. The SMILES string of the molecule is Cc1cc(C(=O)N[C@@](C=O)(N[C@@H](Cc2cccc(N(C)C(=O)C(C#N)=CC(C)C)c2)C(=O)NCc2ccccc2Cl)[C@@H](C)O)no1. The monoisotopic (exact) mass is 648 g/mol. The highest BCUT2D eigenvalue weighted by Crippen LogP contribution is 2.20. The molecule has 242 valence electrons. The molecule has 0 fully saturated rings. The van der Waals surface area contributed by atoms with Gasteiger partial charge in [-0.3, -0.25) is 24.5 Å². The van der Waals surface area contributed by atoms with Crippen molar-refractivity contribution in [3.63, 3.8) is 0 Å². The van der Waals surface area contributed by atoms with E-state index in [0.29, 0.717) is 33.9 Å². The van der Waals surface area contributed by atoms with Crippen molar-refractivity contribution < 1.29 is 28.8 Å². The molecule has 0 radical (unpaired) electrons. The molecule has 0 spiro atoms. The second-order valence-electron chi connectivity index (χ2n) is 11.1. The molecule has 0 aliphatic heterocycles. The van der Waals surface area contributed by atoms with Crippen molar-refractivity contribution in [2.24, 2.45) is 5.92 Å². The van der Waals surface area contributed by atoms with Crippen molar-refractivity contribution in [3.8, 4) is 6.07 Å². The number of carbonyl (C=O) groups is 4. The number of hydrogen-bond donors (Lipinski definition) is 4. The second kappa shape index (κ2) is 15.9. The number of carbonyl (C=O) groups excluding carboxylic acids is 4. The quantitative estimate of drug-likeness (QED) is 0.0884. The molecule has 12 nitrogen and oxygen atoms in total. The minimum Gasteiger partial charge on any atom is -0.389 e. The normalized spacial score (nSPS) is 14.0. The molecule has 0 bridgehead atoms. The average molecular weight is 649 g/mol. The van der Waals surface area contributed by atoms with Crippen LogP contribution in [0.1, 0.15) is 48.1 Å². The number of aliphatic hydroxyl groups is 1. The summed E-state index contributed by atoms with van der Waals surface area (Å²) >= 11 is 6.27. The molecule has 3 atom stereocenters. The van der Waals surface area contributed by atoms with Gasteiger partial charge < -0.3 is 25.2 Å². The van der Waals surface area contributed by atoms with E-state index in [9.17, 15) is 29.5 Å². The topological polar surface area (TPSA) is 178 Å². The molecule has 0 saturated carbocycles. The largest absolute Gasteiger partial charge is 0.389 e. The summed E-state index contributed by atoms with van der Waals surface area (Å²) in [6.07, 6.45) is 0.339. The van der Waals surface area contributed by atoms with Crippen molar-refractivity contribution in [2.45, 2.75) is 58.5 Å². The molecule has 0 aliphatic rings. The zero-order valence-corrected chi connectivity index (χ0v) is 27.0. The number of hydrogen-bond acceptors (Lipinski definition) is 9. The van der Waals surface area contributed by atoms with E-state index in [4.69, 9.17) is 16.1 Å². The van der Waals surface area contributed by atoms with E-state index >= 15 is 0 Å². The Morgan fingerprint density at radius 1 is 1.15 bits per heavy atom. The van der Waals surface area contributed by atoms with Crippen LogP contribution in [0.4, 0.5) is 5.69 Å². The van der Waals surface area contributed by atoms with Crippen molar-refractivity contribution in [3.05, 3.63) is 93.9 Å². The number of nitriles is 1.